The van der Waals surface area contributed by atoms with Gasteiger partial charge in [0, 0.05) is 4.47 Å². The third-order valence-corrected chi connectivity index (χ3v) is 2.20. The van der Waals surface area contributed by atoms with Gasteiger partial charge >= 0.3 is 23.1 Å². The second-order valence-electron chi connectivity index (χ2n) is 2.25. The first-order valence-corrected chi connectivity index (χ1v) is 3.72. The monoisotopic (exact) mass is 210 g/mol. The number of hydrogen-bond donors (Lipinski definition) is 0. The molecule has 52 valence electrons. The van der Waals surface area contributed by atoms with Crippen molar-refractivity contribution in [3.05, 3.63) is 33.8 Å². The minimum Gasteiger partial charge on any atom is -1.00 e. The zero-order chi connectivity index (χ0) is 6.85. The Morgan fingerprint density at radius 1 is 1.30 bits per heavy atom. The first-order chi connectivity index (χ1) is 4.20. The number of aryl methyl sites for hydroxylation is 2. The molecule has 10 heavy (non-hydrogen) atoms. The molecule has 0 N–H and O–H groups in total. The summed E-state index contributed by atoms with van der Waals surface area (Å²) in [6.07, 6.45) is 0. The molecule has 0 aliphatic carbocycles. The molecule has 1 rings (SSSR count). The molecule has 0 nitrogen and oxygen atoms in total. The topological polar surface area (TPSA) is 0 Å². The molecule has 0 bridgehead atoms. The van der Waals surface area contributed by atoms with Crippen molar-refractivity contribution in [3.8, 4) is 0 Å². The summed E-state index contributed by atoms with van der Waals surface area (Å²) in [5, 5.41) is 0. The molecular weight excluding hydrogens is 200 g/mol. The molecule has 1 aromatic carbocycles. The Balaban J connectivity index is -0.000000270. The van der Waals surface area contributed by atoms with Crippen LogP contribution >= 0.6 is 15.9 Å². The maximum absolute atomic E-state index is 3.43. The maximum atomic E-state index is 3.43. The molecule has 1 aromatic rings. The summed E-state index contributed by atoms with van der Waals surface area (Å²) in [5.41, 5.74) is 2.62. The van der Waals surface area contributed by atoms with E-state index < -0.39 is 0 Å². The van der Waals surface area contributed by atoms with E-state index in [1.807, 2.05) is 0 Å². The zero-order valence-electron chi connectivity index (χ0n) is 8.32. The van der Waals surface area contributed by atoms with E-state index in [1.54, 1.807) is 0 Å². The van der Waals surface area contributed by atoms with Gasteiger partial charge in [0.15, 0.2) is 0 Å². The molecule has 0 unspecified atom stereocenters. The zero-order valence-corrected chi connectivity index (χ0v) is 9.32. The van der Waals surface area contributed by atoms with Gasteiger partial charge < -0.3 is 2.85 Å². The minimum absolute atomic E-state index is 0. The Morgan fingerprint density at radius 3 is 2.30 bits per heavy atom. The van der Waals surface area contributed by atoms with Crippen LogP contribution in [-0.4, -0.2) is 23.1 Å². The van der Waals surface area contributed by atoms with Gasteiger partial charge in [0.25, 0.3) is 0 Å². The van der Waals surface area contributed by atoms with E-state index in [9.17, 15) is 0 Å². The first kappa shape index (κ1) is 10.5. The van der Waals surface area contributed by atoms with E-state index in [0.29, 0.717) is 0 Å². The summed E-state index contributed by atoms with van der Waals surface area (Å²) in [4.78, 5) is 0. The van der Waals surface area contributed by atoms with Gasteiger partial charge in [-0.1, -0.05) is 33.6 Å². The van der Waals surface area contributed by atoms with E-state index in [1.165, 1.54) is 15.6 Å². The average Bonchev–Trinajstić information content (AvgIpc) is 1.80. The van der Waals surface area contributed by atoms with Crippen LogP contribution in [0.5, 0.6) is 0 Å². The van der Waals surface area contributed by atoms with Crippen LogP contribution in [0.25, 0.3) is 0 Å². The molecule has 2 heteroatoms. The fourth-order valence-corrected chi connectivity index (χ4v) is 1.04. The second kappa shape index (κ2) is 4.37. The van der Waals surface area contributed by atoms with Gasteiger partial charge in [-0.25, -0.2) is 0 Å². The number of benzene rings is 1. The van der Waals surface area contributed by atoms with Crippen molar-refractivity contribution in [2.24, 2.45) is 0 Å². The fraction of sp³-hybridized carbons (Fsp3) is 0.250. The first-order valence-electron chi connectivity index (χ1n) is 2.93. The summed E-state index contributed by atoms with van der Waals surface area (Å²) in [6.45, 7) is 4.19. The molecule has 0 fully saturated rings. The fourth-order valence-electron chi connectivity index (χ4n) is 0.795. The third kappa shape index (κ3) is 2.60. The molecule has 0 saturated carbocycles. The normalized spacial score (nSPS) is 8.70. The van der Waals surface area contributed by atoms with Crippen LogP contribution in [-0.2, 0) is 0 Å². The maximum Gasteiger partial charge on any atom is 2.00 e. The van der Waals surface area contributed by atoms with Crippen LogP contribution in [0.3, 0.4) is 0 Å². The Kier molecular flexibility index (Phi) is 4.57. The Morgan fingerprint density at radius 2 is 1.90 bits per heavy atom. The molecule has 0 aliphatic rings. The largest absolute Gasteiger partial charge is 2.00 e. The van der Waals surface area contributed by atoms with Gasteiger partial charge in [-0.05, 0) is 25.5 Å². The molecule has 0 radical (unpaired) electrons. The van der Waals surface area contributed by atoms with Crippen LogP contribution < -0.4 is 0 Å². The molecule has 0 aliphatic heterocycles. The van der Waals surface area contributed by atoms with Crippen molar-refractivity contribution < 1.29 is 2.85 Å². The van der Waals surface area contributed by atoms with Crippen molar-refractivity contribution in [2.45, 2.75) is 13.8 Å². The van der Waals surface area contributed by atoms with Gasteiger partial charge in [0.2, 0.25) is 0 Å². The summed E-state index contributed by atoms with van der Waals surface area (Å²) in [7, 11) is 0. The van der Waals surface area contributed by atoms with Crippen LogP contribution in [0.15, 0.2) is 22.7 Å². The van der Waals surface area contributed by atoms with Crippen LogP contribution in [0.2, 0.25) is 0 Å². The number of halogens is 1. The number of hydrogen-bond acceptors (Lipinski definition) is 0. The van der Waals surface area contributed by atoms with Crippen molar-refractivity contribution in [1.82, 2.24) is 0 Å². The van der Waals surface area contributed by atoms with Crippen molar-refractivity contribution in [1.29, 1.82) is 0 Å². The van der Waals surface area contributed by atoms with E-state index >= 15 is 0 Å². The van der Waals surface area contributed by atoms with Gasteiger partial charge in [0.1, 0.15) is 0 Å². The molecular formula is C8H11BrMg. The molecule has 0 spiro atoms. The van der Waals surface area contributed by atoms with Crippen LogP contribution in [0, 0.1) is 13.8 Å². The van der Waals surface area contributed by atoms with Crippen LogP contribution in [0.4, 0.5) is 0 Å². The van der Waals surface area contributed by atoms with E-state index in [-0.39, 0.29) is 25.9 Å². The molecule has 0 heterocycles. The SMILES string of the molecule is Cc1ccc(Br)c(C)c1.[H-].[H-].[Mg+2]. The van der Waals surface area contributed by atoms with E-state index in [2.05, 4.69) is 48.0 Å². The Bertz CT molecular complexity index is 228. The minimum atomic E-state index is 0. The quantitative estimate of drug-likeness (QED) is 0.579. The second-order valence-corrected chi connectivity index (χ2v) is 3.11. The Hall–Kier alpha value is 0.466. The van der Waals surface area contributed by atoms with Gasteiger partial charge in [-0.3, -0.25) is 0 Å². The molecule has 0 aromatic heterocycles. The smallest absolute Gasteiger partial charge is 1.00 e. The predicted molar refractivity (Wildman–Crippen MR) is 51.6 cm³/mol. The average molecular weight is 211 g/mol. The molecule has 0 amide bonds. The predicted octanol–water partition coefficient (Wildman–Crippen LogP) is 2.91. The number of rotatable bonds is 0. The summed E-state index contributed by atoms with van der Waals surface area (Å²) < 4.78 is 1.19. The van der Waals surface area contributed by atoms with Crippen molar-refractivity contribution in [2.75, 3.05) is 0 Å². The Labute approximate surface area is 89.3 Å². The van der Waals surface area contributed by atoms with Crippen molar-refractivity contribution in [3.63, 3.8) is 0 Å². The van der Waals surface area contributed by atoms with Gasteiger partial charge in [-0.15, -0.1) is 0 Å². The van der Waals surface area contributed by atoms with E-state index in [4.69, 9.17) is 0 Å². The standard InChI is InChI=1S/C8H9Br.Mg.2H/c1-6-3-4-8(9)7(2)5-6;;;/h3-5H,1-2H3;;;/q;+2;2*-1. The third-order valence-electron chi connectivity index (χ3n) is 1.31. The summed E-state index contributed by atoms with van der Waals surface area (Å²) in [6, 6.07) is 6.33. The van der Waals surface area contributed by atoms with E-state index in [0.717, 1.165) is 0 Å². The van der Waals surface area contributed by atoms with Crippen LogP contribution in [0.1, 0.15) is 14.0 Å². The van der Waals surface area contributed by atoms with Gasteiger partial charge in [-0.2, -0.15) is 0 Å². The van der Waals surface area contributed by atoms with Crippen molar-refractivity contribution >= 4 is 39.0 Å². The van der Waals surface area contributed by atoms with Gasteiger partial charge in [0.05, 0.1) is 0 Å². The molecule has 0 saturated heterocycles. The summed E-state index contributed by atoms with van der Waals surface area (Å²) >= 11 is 3.43. The molecule has 0 atom stereocenters. The summed E-state index contributed by atoms with van der Waals surface area (Å²) in [5.74, 6) is 0.